The number of carboxylic acid groups (broad SMARTS) is 1. The van der Waals surface area contributed by atoms with Gasteiger partial charge in [0.15, 0.2) is 0 Å². The lowest BCUT2D eigenvalue weighted by Crippen LogP contribution is -2.04. The van der Waals surface area contributed by atoms with Crippen molar-refractivity contribution in [3.8, 4) is 0 Å². The molecule has 0 bridgehead atoms. The zero-order chi connectivity index (χ0) is 12.7. The van der Waals surface area contributed by atoms with Gasteiger partial charge in [0.25, 0.3) is 0 Å². The number of pyridine rings is 1. The van der Waals surface area contributed by atoms with Crippen LogP contribution in [0.15, 0.2) is 30.3 Å². The van der Waals surface area contributed by atoms with Crippen LogP contribution in [-0.2, 0) is 6.61 Å². The molecule has 0 aliphatic carbocycles. The van der Waals surface area contributed by atoms with E-state index in [-0.39, 0.29) is 11.3 Å². The Hall–Kier alpha value is -2.40. The fourth-order valence-corrected chi connectivity index (χ4v) is 2.11. The van der Waals surface area contributed by atoms with E-state index >= 15 is 0 Å². The zero-order valence-corrected chi connectivity index (χ0v) is 9.34. The van der Waals surface area contributed by atoms with Crippen LogP contribution < -0.4 is 0 Å². The predicted molar refractivity (Wildman–Crippen MR) is 66.5 cm³/mol. The van der Waals surface area contributed by atoms with Crippen LogP contribution in [0.1, 0.15) is 16.1 Å². The number of nitrogens with zero attached hydrogens (tertiary/aromatic N) is 1. The maximum Gasteiger partial charge on any atom is 0.337 e. The largest absolute Gasteiger partial charge is 0.478 e. The molecule has 2 aromatic heterocycles. The molecule has 90 valence electrons. The molecule has 2 heterocycles. The number of aromatic amines is 1. The Balaban J connectivity index is 2.44. The number of aliphatic hydroxyl groups is 1. The van der Waals surface area contributed by atoms with Crippen molar-refractivity contribution in [3.63, 3.8) is 0 Å². The fraction of sp³-hybridized carbons (Fsp3) is 0.0769. The third kappa shape index (κ3) is 1.45. The first-order valence-corrected chi connectivity index (χ1v) is 5.45. The predicted octanol–water partition coefficient (Wildman–Crippen LogP) is 1.91. The van der Waals surface area contributed by atoms with Crippen molar-refractivity contribution >= 4 is 27.9 Å². The molecule has 18 heavy (non-hydrogen) atoms. The number of rotatable bonds is 2. The van der Waals surface area contributed by atoms with Crippen molar-refractivity contribution in [2.45, 2.75) is 6.61 Å². The van der Waals surface area contributed by atoms with E-state index < -0.39 is 12.6 Å². The van der Waals surface area contributed by atoms with E-state index in [2.05, 4.69) is 9.97 Å². The number of fused-ring (bicyclic) bond motifs is 3. The van der Waals surface area contributed by atoms with Gasteiger partial charge in [-0.05, 0) is 12.1 Å². The third-order valence-electron chi connectivity index (χ3n) is 2.95. The number of aromatic carboxylic acids is 1. The summed E-state index contributed by atoms with van der Waals surface area (Å²) in [5, 5.41) is 19.9. The standard InChI is InChI=1S/C13H10N2O3/c16-6-11-9(13(17)18)5-8-7-3-1-2-4-10(7)14-12(8)15-11/h1-5,16H,6H2,(H,14,15)(H,17,18). The number of carboxylic acids is 1. The molecule has 5 heteroatoms. The normalized spacial score (nSPS) is 11.2. The topological polar surface area (TPSA) is 86.2 Å². The summed E-state index contributed by atoms with van der Waals surface area (Å²) in [6.45, 7) is -0.396. The number of hydrogen-bond acceptors (Lipinski definition) is 3. The molecule has 0 atom stereocenters. The van der Waals surface area contributed by atoms with Crippen LogP contribution >= 0.6 is 0 Å². The van der Waals surface area contributed by atoms with E-state index in [1.807, 2.05) is 24.3 Å². The molecule has 0 fully saturated rings. The summed E-state index contributed by atoms with van der Waals surface area (Å²) in [5.74, 6) is -1.08. The number of aliphatic hydroxyl groups excluding tert-OH is 1. The highest BCUT2D eigenvalue weighted by molar-refractivity contribution is 6.08. The van der Waals surface area contributed by atoms with E-state index in [4.69, 9.17) is 10.2 Å². The monoisotopic (exact) mass is 242 g/mol. The molecule has 0 radical (unpaired) electrons. The molecule has 3 aromatic rings. The highest BCUT2D eigenvalue weighted by Crippen LogP contribution is 2.26. The number of para-hydroxylation sites is 1. The maximum atomic E-state index is 11.1. The summed E-state index contributed by atoms with van der Waals surface area (Å²) in [6, 6.07) is 9.13. The molecule has 0 saturated carbocycles. The molecule has 3 N–H and O–H groups in total. The average molecular weight is 242 g/mol. The summed E-state index contributed by atoms with van der Waals surface area (Å²) in [4.78, 5) is 18.4. The second-order valence-corrected chi connectivity index (χ2v) is 4.01. The van der Waals surface area contributed by atoms with Crippen molar-refractivity contribution in [1.29, 1.82) is 0 Å². The number of carbonyl (C=O) groups is 1. The van der Waals surface area contributed by atoms with Crippen LogP contribution in [0.25, 0.3) is 21.9 Å². The van der Waals surface area contributed by atoms with E-state index in [1.54, 1.807) is 6.07 Å². The van der Waals surface area contributed by atoms with Gasteiger partial charge < -0.3 is 15.2 Å². The first kappa shape index (κ1) is 10.7. The molecule has 0 amide bonds. The lowest BCUT2D eigenvalue weighted by atomic mass is 10.1. The highest BCUT2D eigenvalue weighted by Gasteiger charge is 2.15. The first-order chi connectivity index (χ1) is 8.70. The van der Waals surface area contributed by atoms with Gasteiger partial charge >= 0.3 is 5.97 Å². The second-order valence-electron chi connectivity index (χ2n) is 4.01. The smallest absolute Gasteiger partial charge is 0.337 e. The van der Waals surface area contributed by atoms with Gasteiger partial charge in [-0.3, -0.25) is 0 Å². The maximum absolute atomic E-state index is 11.1. The van der Waals surface area contributed by atoms with Gasteiger partial charge in [0.05, 0.1) is 17.9 Å². The molecule has 3 rings (SSSR count). The number of H-pyrrole nitrogens is 1. The van der Waals surface area contributed by atoms with Crippen molar-refractivity contribution in [2.24, 2.45) is 0 Å². The average Bonchev–Trinajstić information content (AvgIpc) is 2.74. The molecular weight excluding hydrogens is 232 g/mol. The SMILES string of the molecule is O=C(O)c1cc2c(nc1CO)[nH]c1ccccc12. The molecule has 0 saturated heterocycles. The molecule has 0 aliphatic rings. The Morgan fingerprint density at radius 3 is 2.78 bits per heavy atom. The van der Waals surface area contributed by atoms with Crippen LogP contribution in [0.3, 0.4) is 0 Å². The third-order valence-corrected chi connectivity index (χ3v) is 2.95. The fourth-order valence-electron chi connectivity index (χ4n) is 2.11. The second kappa shape index (κ2) is 3.82. The van der Waals surface area contributed by atoms with Crippen LogP contribution in [0.4, 0.5) is 0 Å². The minimum atomic E-state index is -1.08. The summed E-state index contributed by atoms with van der Waals surface area (Å²) in [6.07, 6.45) is 0. The number of hydrogen-bond donors (Lipinski definition) is 3. The number of nitrogens with one attached hydrogen (secondary N) is 1. The minimum absolute atomic E-state index is 0.0368. The van der Waals surface area contributed by atoms with Gasteiger partial charge in [0.2, 0.25) is 0 Å². The molecule has 5 nitrogen and oxygen atoms in total. The van der Waals surface area contributed by atoms with Gasteiger partial charge in [0.1, 0.15) is 5.65 Å². The highest BCUT2D eigenvalue weighted by atomic mass is 16.4. The van der Waals surface area contributed by atoms with Gasteiger partial charge in [-0.2, -0.15) is 0 Å². The van der Waals surface area contributed by atoms with Gasteiger partial charge in [0, 0.05) is 16.3 Å². The summed E-state index contributed by atoms with van der Waals surface area (Å²) < 4.78 is 0. The summed E-state index contributed by atoms with van der Waals surface area (Å²) >= 11 is 0. The van der Waals surface area contributed by atoms with E-state index in [0.29, 0.717) is 5.65 Å². The molecule has 1 aromatic carbocycles. The molecular formula is C13H10N2O3. The Labute approximate surface area is 102 Å². The molecule has 0 aliphatic heterocycles. The molecule has 0 spiro atoms. The van der Waals surface area contributed by atoms with E-state index in [1.165, 1.54) is 0 Å². The minimum Gasteiger partial charge on any atom is -0.478 e. The Morgan fingerprint density at radius 2 is 2.06 bits per heavy atom. The quantitative estimate of drug-likeness (QED) is 0.640. The van der Waals surface area contributed by atoms with Crippen LogP contribution in [0.5, 0.6) is 0 Å². The van der Waals surface area contributed by atoms with Crippen molar-refractivity contribution in [2.75, 3.05) is 0 Å². The molecule has 0 unspecified atom stereocenters. The number of aromatic nitrogens is 2. The van der Waals surface area contributed by atoms with E-state index in [9.17, 15) is 4.79 Å². The van der Waals surface area contributed by atoms with Gasteiger partial charge in [-0.15, -0.1) is 0 Å². The van der Waals surface area contributed by atoms with Crippen molar-refractivity contribution in [3.05, 3.63) is 41.6 Å². The Morgan fingerprint density at radius 1 is 1.28 bits per heavy atom. The summed E-state index contributed by atoms with van der Waals surface area (Å²) in [7, 11) is 0. The lowest BCUT2D eigenvalue weighted by molar-refractivity contribution is 0.0693. The van der Waals surface area contributed by atoms with Crippen LogP contribution in [-0.4, -0.2) is 26.2 Å². The van der Waals surface area contributed by atoms with Crippen LogP contribution in [0, 0.1) is 0 Å². The first-order valence-electron chi connectivity index (χ1n) is 5.45. The van der Waals surface area contributed by atoms with Crippen LogP contribution in [0.2, 0.25) is 0 Å². The zero-order valence-electron chi connectivity index (χ0n) is 9.34. The van der Waals surface area contributed by atoms with Crippen molar-refractivity contribution < 1.29 is 15.0 Å². The van der Waals surface area contributed by atoms with Crippen molar-refractivity contribution in [1.82, 2.24) is 9.97 Å². The van der Waals surface area contributed by atoms with Gasteiger partial charge in [-0.25, -0.2) is 9.78 Å². The lowest BCUT2D eigenvalue weighted by Gasteiger charge is -2.02. The Bertz CT molecular complexity index is 761. The Kier molecular flexibility index (Phi) is 2.28. The van der Waals surface area contributed by atoms with Gasteiger partial charge in [-0.1, -0.05) is 18.2 Å². The van der Waals surface area contributed by atoms with E-state index in [0.717, 1.165) is 16.3 Å². The summed E-state index contributed by atoms with van der Waals surface area (Å²) in [5.41, 5.74) is 1.69. The number of benzene rings is 1.